The van der Waals surface area contributed by atoms with Crippen LogP contribution in [0.4, 0.5) is 0 Å². The zero-order valence-corrected chi connectivity index (χ0v) is 8.35. The summed E-state index contributed by atoms with van der Waals surface area (Å²) in [7, 11) is 0. The molecule has 0 aliphatic rings. The van der Waals surface area contributed by atoms with Crippen LogP contribution in [0.2, 0.25) is 5.15 Å². The topological polar surface area (TPSA) is 3.88 Å². The molecule has 1 rings (SSSR count). The van der Waals surface area contributed by atoms with Crippen LogP contribution in [0.1, 0.15) is 0 Å². The Morgan fingerprint density at radius 1 is 1.55 bits per heavy atom. The maximum atomic E-state index is 5.82. The molecule has 0 amide bonds. The molecule has 0 N–H and O–H groups in total. The lowest BCUT2D eigenvalue weighted by Gasteiger charge is -1.91. The van der Waals surface area contributed by atoms with E-state index in [1.165, 1.54) is 0 Å². The van der Waals surface area contributed by atoms with E-state index < -0.39 is 0 Å². The van der Waals surface area contributed by atoms with Crippen LogP contribution in [0, 0.1) is 0 Å². The first-order valence-electron chi connectivity index (χ1n) is 3.09. The first-order chi connectivity index (χ1) is 4.84. The van der Waals surface area contributed by atoms with E-state index >= 15 is 0 Å². The summed E-state index contributed by atoms with van der Waals surface area (Å²) in [6.07, 6.45) is 3.73. The molecule has 0 unspecified atom stereocenters. The van der Waals surface area contributed by atoms with E-state index in [1.807, 2.05) is 35.0 Å². The van der Waals surface area contributed by atoms with Crippen molar-refractivity contribution >= 4 is 11.6 Å². The number of allylic oxidation sites excluding steroid dienone is 1. The number of nitrogens with zero attached hydrogens (tertiary/aromatic N) is 1. The minimum atomic E-state index is 0. The number of pyridine rings is 1. The van der Waals surface area contributed by atoms with Crippen LogP contribution < -0.4 is 21.5 Å². The largest absolute Gasteiger partial charge is 1.00 e. The van der Waals surface area contributed by atoms with Gasteiger partial charge >= 0.3 is 0 Å². The third-order valence-electron chi connectivity index (χ3n) is 1.21. The summed E-state index contributed by atoms with van der Waals surface area (Å²) in [4.78, 5) is 0. The van der Waals surface area contributed by atoms with E-state index in [0.717, 1.165) is 11.7 Å². The molecule has 3 heteroatoms. The van der Waals surface area contributed by atoms with Gasteiger partial charge in [-0.15, -0.1) is 0 Å². The van der Waals surface area contributed by atoms with Crippen molar-refractivity contribution in [1.29, 1.82) is 0 Å². The van der Waals surface area contributed by atoms with E-state index in [1.54, 1.807) is 0 Å². The average molecular weight is 235 g/mol. The van der Waals surface area contributed by atoms with Gasteiger partial charge in [-0.25, -0.2) is 0 Å². The van der Waals surface area contributed by atoms with Crippen molar-refractivity contribution in [3.63, 3.8) is 0 Å². The van der Waals surface area contributed by atoms with Gasteiger partial charge in [-0.3, -0.25) is 0 Å². The lowest BCUT2D eigenvalue weighted by atomic mass is 10.5. The van der Waals surface area contributed by atoms with Gasteiger partial charge in [0.15, 0.2) is 12.7 Å². The van der Waals surface area contributed by atoms with Crippen molar-refractivity contribution in [2.24, 2.45) is 0 Å². The maximum absolute atomic E-state index is 5.82. The maximum Gasteiger partial charge on any atom is 0.275 e. The smallest absolute Gasteiger partial charge is 0.275 e. The van der Waals surface area contributed by atoms with Crippen LogP contribution in [0.25, 0.3) is 0 Å². The number of rotatable bonds is 2. The van der Waals surface area contributed by atoms with Crippen molar-refractivity contribution in [1.82, 2.24) is 0 Å². The molecule has 0 saturated carbocycles. The zero-order valence-electron chi connectivity index (χ0n) is 6.00. The van der Waals surface area contributed by atoms with Gasteiger partial charge in [0.2, 0.25) is 0 Å². The fourth-order valence-corrected chi connectivity index (χ4v) is 0.941. The third kappa shape index (κ3) is 3.04. The molecule has 0 atom stereocenters. The number of hydrogen-bond donors (Lipinski definition) is 0. The first-order valence-corrected chi connectivity index (χ1v) is 3.47. The molecule has 0 aliphatic carbocycles. The summed E-state index contributed by atoms with van der Waals surface area (Å²) in [5.41, 5.74) is 0. The van der Waals surface area contributed by atoms with Crippen LogP contribution in [0.5, 0.6) is 0 Å². The lowest BCUT2D eigenvalue weighted by Crippen LogP contribution is -3.00. The van der Waals surface area contributed by atoms with Gasteiger partial charge in [-0.1, -0.05) is 6.58 Å². The summed E-state index contributed by atoms with van der Waals surface area (Å²) < 4.78 is 1.91. The molecular weight excluding hydrogens is 225 g/mol. The molecule has 0 aliphatic heterocycles. The van der Waals surface area contributed by atoms with E-state index in [-0.39, 0.29) is 17.0 Å². The van der Waals surface area contributed by atoms with E-state index in [2.05, 4.69) is 6.58 Å². The molecule has 60 valence electrons. The second kappa shape index (κ2) is 5.33. The second-order valence-electron chi connectivity index (χ2n) is 1.96. The van der Waals surface area contributed by atoms with Gasteiger partial charge in [0, 0.05) is 12.1 Å². The summed E-state index contributed by atoms with van der Waals surface area (Å²) in [5, 5.41) is 0.738. The van der Waals surface area contributed by atoms with Crippen molar-refractivity contribution in [3.8, 4) is 0 Å². The molecule has 1 nitrogen and oxygen atoms in total. The lowest BCUT2D eigenvalue weighted by molar-refractivity contribution is -0.684. The monoisotopic (exact) mass is 233 g/mol. The van der Waals surface area contributed by atoms with Crippen molar-refractivity contribution in [2.45, 2.75) is 6.54 Å². The number of halogens is 2. The normalized spacial score (nSPS) is 8.45. The molecule has 1 aromatic rings. The fourth-order valence-electron chi connectivity index (χ4n) is 0.743. The van der Waals surface area contributed by atoms with Gasteiger partial charge in [0.05, 0.1) is 0 Å². The Balaban J connectivity index is 0.000001000. The van der Waals surface area contributed by atoms with Gasteiger partial charge < -0.3 is 17.0 Å². The molecule has 1 aromatic heterocycles. The van der Waals surface area contributed by atoms with E-state index in [0.29, 0.717) is 0 Å². The Morgan fingerprint density at radius 2 is 2.27 bits per heavy atom. The molecule has 11 heavy (non-hydrogen) atoms. The molecular formula is C8H9BrClN. The molecule has 0 aromatic carbocycles. The highest BCUT2D eigenvalue weighted by molar-refractivity contribution is 6.28. The van der Waals surface area contributed by atoms with Crippen molar-refractivity contribution < 1.29 is 21.5 Å². The van der Waals surface area contributed by atoms with E-state index in [4.69, 9.17) is 11.6 Å². The zero-order chi connectivity index (χ0) is 7.40. The highest BCUT2D eigenvalue weighted by atomic mass is 79.9. The molecule has 0 bridgehead atoms. The van der Waals surface area contributed by atoms with Gasteiger partial charge in [0.25, 0.3) is 5.15 Å². The number of aromatic nitrogens is 1. The Kier molecular flexibility index (Phi) is 5.16. The van der Waals surface area contributed by atoms with Crippen molar-refractivity contribution in [3.05, 3.63) is 42.2 Å². The van der Waals surface area contributed by atoms with Crippen LogP contribution >= 0.6 is 11.6 Å². The minimum Gasteiger partial charge on any atom is -1.00 e. The SMILES string of the molecule is C=CC[n+]1ccccc1Cl.[Br-]. The number of hydrogen-bond acceptors (Lipinski definition) is 0. The van der Waals surface area contributed by atoms with E-state index in [9.17, 15) is 0 Å². The summed E-state index contributed by atoms with van der Waals surface area (Å²) in [6, 6.07) is 5.70. The van der Waals surface area contributed by atoms with Gasteiger partial charge in [-0.05, 0) is 23.7 Å². The van der Waals surface area contributed by atoms with Crippen LogP contribution in [-0.2, 0) is 6.54 Å². The summed E-state index contributed by atoms with van der Waals surface area (Å²) >= 11 is 5.82. The standard InChI is InChI=1S/C8H9ClN.BrH/c1-2-6-10-7-4-3-5-8(10)9;/h2-5,7H,1,6H2;1H/q+1;/p-1. The first kappa shape index (κ1) is 10.7. The Hall–Kier alpha value is -0.340. The quantitative estimate of drug-likeness (QED) is 0.345. The summed E-state index contributed by atoms with van der Waals surface area (Å²) in [5.74, 6) is 0. The second-order valence-corrected chi connectivity index (χ2v) is 2.35. The van der Waals surface area contributed by atoms with Crippen LogP contribution in [0.15, 0.2) is 37.1 Å². The summed E-state index contributed by atoms with van der Waals surface area (Å²) in [6.45, 7) is 4.38. The van der Waals surface area contributed by atoms with Crippen LogP contribution in [0.3, 0.4) is 0 Å². The predicted molar refractivity (Wildman–Crippen MR) is 41.8 cm³/mol. The Morgan fingerprint density at radius 3 is 2.82 bits per heavy atom. The van der Waals surface area contributed by atoms with Gasteiger partial charge in [0.1, 0.15) is 0 Å². The Bertz CT molecular complexity index is 237. The van der Waals surface area contributed by atoms with Crippen LogP contribution in [-0.4, -0.2) is 0 Å². The molecule has 0 spiro atoms. The average Bonchev–Trinajstić information content (AvgIpc) is 1.94. The van der Waals surface area contributed by atoms with Gasteiger partial charge in [-0.2, -0.15) is 4.57 Å². The molecule has 0 fully saturated rings. The van der Waals surface area contributed by atoms with Crippen molar-refractivity contribution in [2.75, 3.05) is 0 Å². The fraction of sp³-hybridized carbons (Fsp3) is 0.125. The minimum absolute atomic E-state index is 0. The Labute approximate surface area is 82.1 Å². The predicted octanol–water partition coefficient (Wildman–Crippen LogP) is -1.18. The molecule has 0 radical (unpaired) electrons. The highest BCUT2D eigenvalue weighted by Gasteiger charge is 2.01. The molecule has 1 heterocycles. The third-order valence-corrected chi connectivity index (χ3v) is 1.55. The highest BCUT2D eigenvalue weighted by Crippen LogP contribution is 1.97. The molecule has 0 saturated heterocycles.